The highest BCUT2D eigenvalue weighted by atomic mass is 79.9. The number of rotatable bonds is 3. The summed E-state index contributed by atoms with van der Waals surface area (Å²) in [5, 5.41) is 1.11. The first kappa shape index (κ1) is 14.2. The van der Waals surface area contributed by atoms with Gasteiger partial charge in [-0.3, -0.25) is 9.78 Å². The third-order valence-electron chi connectivity index (χ3n) is 3.11. The molecule has 1 unspecified atom stereocenters. The third-order valence-corrected chi connectivity index (χ3v) is 3.85. The van der Waals surface area contributed by atoms with Crippen molar-refractivity contribution in [3.63, 3.8) is 0 Å². The fraction of sp³-hybridized carbons (Fsp3) is 0.375. The van der Waals surface area contributed by atoms with E-state index in [2.05, 4.69) is 27.0 Å². The van der Waals surface area contributed by atoms with Gasteiger partial charge in [-0.1, -0.05) is 48.8 Å². The molecule has 100 valence electrons. The van der Waals surface area contributed by atoms with Crippen molar-refractivity contribution < 1.29 is 4.79 Å². The second-order valence-electron chi connectivity index (χ2n) is 5.82. The number of hydrogen-bond acceptors (Lipinski definition) is 2. The summed E-state index contributed by atoms with van der Waals surface area (Å²) < 4.78 is 0. The Hall–Kier alpha value is -1.22. The van der Waals surface area contributed by atoms with Gasteiger partial charge in [-0.15, -0.1) is 0 Å². The van der Waals surface area contributed by atoms with Crippen molar-refractivity contribution in [2.45, 2.75) is 32.0 Å². The standard InChI is InChI=1S/C16H18BrNO/c1-16(2,3)15(19)13(17)10-11-6-7-14-12(9-11)5-4-8-18-14/h4-9,13H,10H2,1-3H3. The van der Waals surface area contributed by atoms with Crippen LogP contribution in [0.3, 0.4) is 0 Å². The largest absolute Gasteiger partial charge is 0.298 e. The molecule has 0 saturated carbocycles. The van der Waals surface area contributed by atoms with Crippen LogP contribution in [0.25, 0.3) is 10.9 Å². The quantitative estimate of drug-likeness (QED) is 0.795. The molecule has 0 fully saturated rings. The van der Waals surface area contributed by atoms with Crippen LogP contribution in [0.4, 0.5) is 0 Å². The van der Waals surface area contributed by atoms with E-state index in [4.69, 9.17) is 0 Å². The molecule has 0 radical (unpaired) electrons. The molecule has 2 nitrogen and oxygen atoms in total. The monoisotopic (exact) mass is 319 g/mol. The molecule has 19 heavy (non-hydrogen) atoms. The summed E-state index contributed by atoms with van der Waals surface area (Å²) in [6.45, 7) is 5.86. The number of aromatic nitrogens is 1. The van der Waals surface area contributed by atoms with E-state index in [9.17, 15) is 4.79 Å². The molecule has 0 aliphatic heterocycles. The van der Waals surface area contributed by atoms with Crippen molar-refractivity contribution in [2.24, 2.45) is 5.41 Å². The minimum atomic E-state index is -0.313. The van der Waals surface area contributed by atoms with Crippen LogP contribution < -0.4 is 0 Å². The molecule has 0 aliphatic rings. The van der Waals surface area contributed by atoms with Crippen molar-refractivity contribution in [2.75, 3.05) is 0 Å². The molecule has 1 heterocycles. The van der Waals surface area contributed by atoms with Gasteiger partial charge in [0.2, 0.25) is 0 Å². The van der Waals surface area contributed by atoms with E-state index in [0.717, 1.165) is 16.5 Å². The number of carbonyl (C=O) groups is 1. The zero-order chi connectivity index (χ0) is 14.0. The van der Waals surface area contributed by atoms with Gasteiger partial charge in [0.25, 0.3) is 0 Å². The summed E-state index contributed by atoms with van der Waals surface area (Å²) in [4.78, 5) is 16.3. The predicted molar refractivity (Wildman–Crippen MR) is 82.6 cm³/mol. The van der Waals surface area contributed by atoms with Crippen LogP contribution in [0.15, 0.2) is 36.5 Å². The number of benzene rings is 1. The van der Waals surface area contributed by atoms with Crippen LogP contribution in [0.2, 0.25) is 0 Å². The molecule has 2 rings (SSSR count). The van der Waals surface area contributed by atoms with Gasteiger partial charge in [-0.2, -0.15) is 0 Å². The molecule has 0 spiro atoms. The summed E-state index contributed by atoms with van der Waals surface area (Å²) >= 11 is 3.51. The molecule has 2 aromatic rings. The van der Waals surface area contributed by atoms with Gasteiger partial charge in [-0.25, -0.2) is 0 Å². The van der Waals surface area contributed by atoms with E-state index in [0.29, 0.717) is 6.42 Å². The van der Waals surface area contributed by atoms with Crippen LogP contribution in [0, 0.1) is 5.41 Å². The van der Waals surface area contributed by atoms with Crippen molar-refractivity contribution in [3.05, 3.63) is 42.1 Å². The molecule has 3 heteroatoms. The van der Waals surface area contributed by atoms with Gasteiger partial charge in [0.15, 0.2) is 5.78 Å². The maximum absolute atomic E-state index is 12.2. The zero-order valence-electron chi connectivity index (χ0n) is 11.5. The number of carbonyl (C=O) groups excluding carboxylic acids is 1. The van der Waals surface area contributed by atoms with Crippen LogP contribution in [0.1, 0.15) is 26.3 Å². The lowest BCUT2D eigenvalue weighted by Crippen LogP contribution is -2.29. The van der Waals surface area contributed by atoms with Crippen LogP contribution >= 0.6 is 15.9 Å². The molecule has 1 aromatic heterocycles. The van der Waals surface area contributed by atoms with Crippen molar-refractivity contribution in [1.82, 2.24) is 4.98 Å². The smallest absolute Gasteiger partial charge is 0.152 e. The molecule has 0 bridgehead atoms. The van der Waals surface area contributed by atoms with E-state index < -0.39 is 0 Å². The lowest BCUT2D eigenvalue weighted by atomic mass is 9.87. The lowest BCUT2D eigenvalue weighted by Gasteiger charge is -2.20. The molecule has 1 aromatic carbocycles. The number of halogens is 1. The van der Waals surface area contributed by atoms with Gasteiger partial charge < -0.3 is 0 Å². The first-order chi connectivity index (χ1) is 8.88. The minimum Gasteiger partial charge on any atom is -0.298 e. The average Bonchev–Trinajstić information content (AvgIpc) is 2.36. The second-order valence-corrected chi connectivity index (χ2v) is 6.92. The summed E-state index contributed by atoms with van der Waals surface area (Å²) in [6.07, 6.45) is 2.50. The van der Waals surface area contributed by atoms with E-state index in [1.54, 1.807) is 6.20 Å². The first-order valence-electron chi connectivity index (χ1n) is 6.40. The molecule has 0 saturated heterocycles. The first-order valence-corrected chi connectivity index (χ1v) is 7.31. The van der Waals surface area contributed by atoms with E-state index in [1.807, 2.05) is 45.0 Å². The summed E-state index contributed by atoms with van der Waals surface area (Å²) in [5.41, 5.74) is 1.83. The Labute approximate surface area is 122 Å². The molecule has 1 atom stereocenters. The van der Waals surface area contributed by atoms with Crippen LogP contribution in [-0.4, -0.2) is 15.6 Å². The van der Waals surface area contributed by atoms with Gasteiger partial charge in [0.1, 0.15) is 0 Å². The Bertz CT molecular complexity index is 601. The maximum atomic E-state index is 12.2. The molecular formula is C16H18BrNO. The number of fused-ring (bicyclic) bond motifs is 1. The Morgan fingerprint density at radius 1 is 1.32 bits per heavy atom. The van der Waals surface area contributed by atoms with E-state index in [-0.39, 0.29) is 16.0 Å². The van der Waals surface area contributed by atoms with Crippen molar-refractivity contribution >= 4 is 32.6 Å². The third kappa shape index (κ3) is 3.41. The fourth-order valence-electron chi connectivity index (χ4n) is 2.02. The number of nitrogens with zero attached hydrogens (tertiary/aromatic N) is 1. The number of ketones is 1. The Morgan fingerprint density at radius 3 is 2.74 bits per heavy atom. The zero-order valence-corrected chi connectivity index (χ0v) is 13.1. The summed E-state index contributed by atoms with van der Waals surface area (Å²) in [7, 11) is 0. The Kier molecular flexibility index (Phi) is 4.04. The second kappa shape index (κ2) is 5.41. The average molecular weight is 320 g/mol. The highest BCUT2D eigenvalue weighted by Gasteiger charge is 2.27. The number of alkyl halides is 1. The Balaban J connectivity index is 2.19. The van der Waals surface area contributed by atoms with Gasteiger partial charge in [0, 0.05) is 17.0 Å². The van der Waals surface area contributed by atoms with Crippen LogP contribution in [0.5, 0.6) is 0 Å². The Morgan fingerprint density at radius 2 is 2.05 bits per heavy atom. The predicted octanol–water partition coefficient (Wildman–Crippen LogP) is 4.16. The van der Waals surface area contributed by atoms with Gasteiger partial charge in [0.05, 0.1) is 10.3 Å². The SMILES string of the molecule is CC(C)(C)C(=O)C(Br)Cc1ccc2ncccc2c1. The maximum Gasteiger partial charge on any atom is 0.152 e. The normalized spacial score (nSPS) is 13.5. The van der Waals surface area contributed by atoms with Crippen LogP contribution in [-0.2, 0) is 11.2 Å². The highest BCUT2D eigenvalue weighted by molar-refractivity contribution is 9.10. The van der Waals surface area contributed by atoms with Crippen molar-refractivity contribution in [1.29, 1.82) is 0 Å². The van der Waals surface area contributed by atoms with Gasteiger partial charge in [-0.05, 0) is 30.2 Å². The molecular weight excluding hydrogens is 302 g/mol. The summed E-state index contributed by atoms with van der Waals surface area (Å²) in [6, 6.07) is 10.1. The van der Waals surface area contributed by atoms with E-state index in [1.165, 1.54) is 0 Å². The molecule has 0 N–H and O–H groups in total. The number of hydrogen-bond donors (Lipinski definition) is 0. The fourth-order valence-corrected chi connectivity index (χ4v) is 3.08. The minimum absolute atomic E-state index is 0.137. The van der Waals surface area contributed by atoms with Crippen molar-refractivity contribution in [3.8, 4) is 0 Å². The topological polar surface area (TPSA) is 30.0 Å². The highest BCUT2D eigenvalue weighted by Crippen LogP contribution is 2.24. The number of Topliss-reactive ketones (excluding diaryl/α,β-unsaturated/α-hetero) is 1. The summed E-state index contributed by atoms with van der Waals surface area (Å²) in [5.74, 6) is 0.235. The molecule has 0 amide bonds. The van der Waals surface area contributed by atoms with Gasteiger partial charge >= 0.3 is 0 Å². The van der Waals surface area contributed by atoms with E-state index >= 15 is 0 Å². The number of pyridine rings is 1. The lowest BCUT2D eigenvalue weighted by molar-refractivity contribution is -0.125. The molecule has 0 aliphatic carbocycles.